The second-order valence-electron chi connectivity index (χ2n) is 5.71. The molecule has 3 rings (SSSR count). The van der Waals surface area contributed by atoms with Gasteiger partial charge in [0.15, 0.2) is 11.5 Å². The second-order valence-corrected chi connectivity index (χ2v) is 6.53. The maximum atomic E-state index is 13.9. The number of rotatable bonds is 4. The molecule has 0 unspecified atom stereocenters. The quantitative estimate of drug-likeness (QED) is 0.618. The van der Waals surface area contributed by atoms with Gasteiger partial charge in [-0.25, -0.2) is 4.39 Å². The van der Waals surface area contributed by atoms with Crippen LogP contribution in [0.5, 0.6) is 0 Å². The first-order chi connectivity index (χ1) is 13.1. The maximum Gasteiger partial charge on any atom is 0.433 e. The molecule has 0 fully saturated rings. The zero-order valence-electron chi connectivity index (χ0n) is 14.1. The monoisotopic (exact) mass is 435 g/mol. The van der Waals surface area contributed by atoms with E-state index >= 15 is 0 Å². The molecule has 0 bridgehead atoms. The summed E-state index contributed by atoms with van der Waals surface area (Å²) < 4.78 is 54.1. The van der Waals surface area contributed by atoms with E-state index in [0.717, 1.165) is 7.05 Å². The Bertz CT molecular complexity index is 1020. The van der Waals surface area contributed by atoms with Crippen LogP contribution in [0.4, 0.5) is 23.4 Å². The molecule has 2 aromatic heterocycles. The van der Waals surface area contributed by atoms with Gasteiger partial charge in [-0.15, -0.1) is 0 Å². The van der Waals surface area contributed by atoms with Gasteiger partial charge >= 0.3 is 6.18 Å². The molecule has 0 spiro atoms. The van der Waals surface area contributed by atoms with Crippen LogP contribution in [0.15, 0.2) is 30.5 Å². The minimum absolute atomic E-state index is 0.00721. The zero-order chi connectivity index (χ0) is 20.6. The molecule has 0 radical (unpaired) electrons. The highest BCUT2D eigenvalue weighted by Crippen LogP contribution is 2.29. The molecule has 0 aliphatic carbocycles. The highest BCUT2D eigenvalue weighted by molar-refractivity contribution is 6.33. The molecule has 0 aliphatic heterocycles. The van der Waals surface area contributed by atoms with E-state index in [1.54, 1.807) is 0 Å². The van der Waals surface area contributed by atoms with Gasteiger partial charge in [-0.2, -0.15) is 23.4 Å². The summed E-state index contributed by atoms with van der Waals surface area (Å²) in [6, 6.07) is 4.80. The lowest BCUT2D eigenvalue weighted by atomic mass is 10.2. The van der Waals surface area contributed by atoms with Crippen molar-refractivity contribution in [1.29, 1.82) is 0 Å². The van der Waals surface area contributed by atoms with E-state index in [4.69, 9.17) is 23.2 Å². The Morgan fingerprint density at radius 3 is 2.54 bits per heavy atom. The first-order valence-corrected chi connectivity index (χ1v) is 8.40. The smallest absolute Gasteiger partial charge is 0.302 e. The summed E-state index contributed by atoms with van der Waals surface area (Å²) in [5.74, 6) is -1.58. The number of hydrogen-bond acceptors (Lipinski definition) is 3. The number of halogens is 6. The number of carbonyl (C=O) groups excluding carboxylic acids is 1. The van der Waals surface area contributed by atoms with E-state index in [2.05, 4.69) is 15.5 Å². The number of aryl methyl sites for hydroxylation is 1. The van der Waals surface area contributed by atoms with Crippen LogP contribution in [0, 0.1) is 5.82 Å². The summed E-state index contributed by atoms with van der Waals surface area (Å²) in [7, 11) is 1.07. The van der Waals surface area contributed by atoms with Gasteiger partial charge in [0.25, 0.3) is 5.91 Å². The standard InChI is InChI=1S/C16H11Cl2F4N5O/c1-26-13(16(20,21)22)5-12(24-26)15(28)23-14-10(18)7-27(25-14)6-8-9(17)3-2-4-11(8)19/h2-5,7H,6H2,1H3,(H,23,25,28). The molecule has 0 aliphatic rings. The molecule has 0 saturated carbocycles. The lowest BCUT2D eigenvalue weighted by molar-refractivity contribution is -0.143. The minimum Gasteiger partial charge on any atom is -0.302 e. The lowest BCUT2D eigenvalue weighted by Crippen LogP contribution is -2.14. The van der Waals surface area contributed by atoms with Crippen LogP contribution in [0.25, 0.3) is 0 Å². The summed E-state index contributed by atoms with van der Waals surface area (Å²) in [6.07, 6.45) is -3.34. The van der Waals surface area contributed by atoms with Crippen LogP contribution < -0.4 is 5.32 Å². The average molecular weight is 436 g/mol. The molecule has 1 aromatic carbocycles. The first kappa shape index (κ1) is 20.2. The minimum atomic E-state index is -4.65. The first-order valence-electron chi connectivity index (χ1n) is 7.64. The highest BCUT2D eigenvalue weighted by Gasteiger charge is 2.35. The van der Waals surface area contributed by atoms with Crippen molar-refractivity contribution in [2.24, 2.45) is 7.05 Å². The van der Waals surface area contributed by atoms with Gasteiger partial charge in [0.05, 0.1) is 6.54 Å². The van der Waals surface area contributed by atoms with Crippen molar-refractivity contribution in [2.45, 2.75) is 12.7 Å². The Balaban J connectivity index is 1.80. The van der Waals surface area contributed by atoms with Gasteiger partial charge in [0.1, 0.15) is 16.5 Å². The van der Waals surface area contributed by atoms with Crippen molar-refractivity contribution in [3.05, 3.63) is 63.3 Å². The molecule has 3 aromatic rings. The van der Waals surface area contributed by atoms with Gasteiger partial charge in [-0.05, 0) is 12.1 Å². The van der Waals surface area contributed by atoms with Crippen molar-refractivity contribution in [3.8, 4) is 0 Å². The number of aromatic nitrogens is 4. The van der Waals surface area contributed by atoms with Crippen molar-refractivity contribution in [1.82, 2.24) is 19.6 Å². The van der Waals surface area contributed by atoms with Crippen LogP contribution in [0.1, 0.15) is 21.7 Å². The van der Waals surface area contributed by atoms with Gasteiger partial charge < -0.3 is 5.32 Å². The van der Waals surface area contributed by atoms with E-state index in [-0.39, 0.29) is 28.0 Å². The Morgan fingerprint density at radius 1 is 1.21 bits per heavy atom. The summed E-state index contributed by atoms with van der Waals surface area (Å²) in [6.45, 7) is -0.0666. The Labute approximate surface area is 165 Å². The van der Waals surface area contributed by atoms with Crippen molar-refractivity contribution in [2.75, 3.05) is 5.32 Å². The molecule has 12 heteroatoms. The third-order valence-electron chi connectivity index (χ3n) is 3.73. The number of carbonyl (C=O) groups is 1. The van der Waals surface area contributed by atoms with Gasteiger partial charge in [0.2, 0.25) is 0 Å². The van der Waals surface area contributed by atoms with Gasteiger partial charge in [-0.3, -0.25) is 14.2 Å². The molecule has 28 heavy (non-hydrogen) atoms. The summed E-state index contributed by atoms with van der Waals surface area (Å²) in [5.41, 5.74) is -1.37. The van der Waals surface area contributed by atoms with Crippen LogP contribution in [0.3, 0.4) is 0 Å². The zero-order valence-corrected chi connectivity index (χ0v) is 15.6. The molecule has 0 atom stereocenters. The number of benzene rings is 1. The maximum absolute atomic E-state index is 13.9. The van der Waals surface area contributed by atoms with Crippen molar-refractivity contribution >= 4 is 34.9 Å². The Morgan fingerprint density at radius 2 is 1.93 bits per heavy atom. The molecule has 148 valence electrons. The second kappa shape index (κ2) is 7.44. The summed E-state index contributed by atoms with van der Waals surface area (Å²) in [5, 5.41) is 10.0. The largest absolute Gasteiger partial charge is 0.433 e. The average Bonchev–Trinajstić information content (AvgIpc) is 3.14. The SMILES string of the molecule is Cn1nc(C(=O)Nc2nn(Cc3c(F)cccc3Cl)cc2Cl)cc1C(F)(F)F. The van der Waals surface area contributed by atoms with Gasteiger partial charge in [-0.1, -0.05) is 29.3 Å². The number of anilines is 1. The van der Waals surface area contributed by atoms with Crippen molar-refractivity contribution < 1.29 is 22.4 Å². The Hall–Kier alpha value is -2.59. The third-order valence-corrected chi connectivity index (χ3v) is 4.36. The predicted molar refractivity (Wildman–Crippen MR) is 93.9 cm³/mol. The fourth-order valence-corrected chi connectivity index (χ4v) is 2.84. The molecule has 1 amide bonds. The molecular formula is C16H11Cl2F4N5O. The highest BCUT2D eigenvalue weighted by atomic mass is 35.5. The number of alkyl halides is 3. The lowest BCUT2D eigenvalue weighted by Gasteiger charge is -2.05. The van der Waals surface area contributed by atoms with Crippen LogP contribution >= 0.6 is 23.2 Å². The number of hydrogen-bond donors (Lipinski definition) is 1. The fourth-order valence-electron chi connectivity index (χ4n) is 2.42. The summed E-state index contributed by atoms with van der Waals surface area (Å²) in [4.78, 5) is 12.2. The van der Waals surface area contributed by atoms with E-state index < -0.39 is 29.3 Å². The number of amides is 1. The van der Waals surface area contributed by atoms with Crippen LogP contribution in [0.2, 0.25) is 10.0 Å². The van der Waals surface area contributed by atoms with E-state index in [0.29, 0.717) is 10.7 Å². The van der Waals surface area contributed by atoms with E-state index in [9.17, 15) is 22.4 Å². The fraction of sp³-hybridized carbons (Fsp3) is 0.188. The van der Waals surface area contributed by atoms with Crippen LogP contribution in [-0.2, 0) is 19.8 Å². The molecule has 1 N–H and O–H groups in total. The van der Waals surface area contributed by atoms with Gasteiger partial charge in [0, 0.05) is 29.9 Å². The molecule has 0 saturated heterocycles. The number of nitrogens with zero attached hydrogens (tertiary/aromatic N) is 4. The van der Waals surface area contributed by atoms with E-state index in [1.165, 1.54) is 29.1 Å². The summed E-state index contributed by atoms with van der Waals surface area (Å²) >= 11 is 12.0. The van der Waals surface area contributed by atoms with Crippen LogP contribution in [-0.4, -0.2) is 25.5 Å². The Kier molecular flexibility index (Phi) is 5.35. The number of nitrogens with one attached hydrogen (secondary N) is 1. The van der Waals surface area contributed by atoms with E-state index in [1.807, 2.05) is 0 Å². The molecule has 6 nitrogen and oxygen atoms in total. The third kappa shape index (κ3) is 4.12. The molecular weight excluding hydrogens is 425 g/mol. The molecule has 2 heterocycles. The predicted octanol–water partition coefficient (Wildman–Crippen LogP) is 4.38. The van der Waals surface area contributed by atoms with Crippen molar-refractivity contribution in [3.63, 3.8) is 0 Å². The topological polar surface area (TPSA) is 64.7 Å². The normalized spacial score (nSPS) is 11.7.